The molecule has 2 aromatic rings. The first kappa shape index (κ1) is 12.6. The van der Waals surface area contributed by atoms with Gasteiger partial charge in [-0.2, -0.15) is 5.10 Å². The minimum absolute atomic E-state index is 0.0136. The summed E-state index contributed by atoms with van der Waals surface area (Å²) in [5, 5.41) is 4.12. The van der Waals surface area contributed by atoms with E-state index in [4.69, 9.17) is 5.73 Å². The molecule has 0 saturated heterocycles. The third kappa shape index (κ3) is 2.36. The quantitative estimate of drug-likeness (QED) is 0.858. The zero-order valence-electron chi connectivity index (χ0n) is 10.8. The van der Waals surface area contributed by atoms with E-state index < -0.39 is 0 Å². The van der Waals surface area contributed by atoms with Gasteiger partial charge in [-0.1, -0.05) is 6.07 Å². The first-order chi connectivity index (χ1) is 8.63. The maximum Gasteiger partial charge on any atom is 0.255 e. The standard InChI is InChI=1S/C13H18N4O/c1-10-3-4-11(9-14)13(18)17(10)8-6-12-5-7-15-16(12)2/h3-5,7H,6,8-9,14H2,1-2H3. The van der Waals surface area contributed by atoms with Crippen molar-refractivity contribution in [2.24, 2.45) is 12.8 Å². The van der Waals surface area contributed by atoms with Gasteiger partial charge in [0.1, 0.15) is 0 Å². The van der Waals surface area contributed by atoms with Crippen molar-refractivity contribution in [3.8, 4) is 0 Å². The molecule has 0 aliphatic rings. The van der Waals surface area contributed by atoms with Gasteiger partial charge >= 0.3 is 0 Å². The van der Waals surface area contributed by atoms with E-state index in [2.05, 4.69) is 5.10 Å². The molecule has 2 aromatic heterocycles. The van der Waals surface area contributed by atoms with Crippen LogP contribution < -0.4 is 11.3 Å². The van der Waals surface area contributed by atoms with E-state index in [1.54, 1.807) is 16.8 Å². The zero-order chi connectivity index (χ0) is 13.1. The molecule has 2 rings (SSSR count). The summed E-state index contributed by atoms with van der Waals surface area (Å²) in [5.74, 6) is 0. The Kier molecular flexibility index (Phi) is 3.62. The van der Waals surface area contributed by atoms with E-state index in [0.29, 0.717) is 12.1 Å². The van der Waals surface area contributed by atoms with E-state index >= 15 is 0 Å². The molecule has 96 valence electrons. The molecule has 0 spiro atoms. The number of nitrogens with zero attached hydrogens (tertiary/aromatic N) is 3. The van der Waals surface area contributed by atoms with E-state index in [-0.39, 0.29) is 12.1 Å². The van der Waals surface area contributed by atoms with Crippen molar-refractivity contribution < 1.29 is 0 Å². The van der Waals surface area contributed by atoms with Gasteiger partial charge in [-0.05, 0) is 19.1 Å². The number of aryl methyl sites for hydroxylation is 3. The summed E-state index contributed by atoms with van der Waals surface area (Å²) in [6, 6.07) is 5.71. The first-order valence-corrected chi connectivity index (χ1v) is 5.99. The highest BCUT2D eigenvalue weighted by Crippen LogP contribution is 2.03. The summed E-state index contributed by atoms with van der Waals surface area (Å²) in [6.45, 7) is 2.87. The summed E-state index contributed by atoms with van der Waals surface area (Å²) in [7, 11) is 1.90. The summed E-state index contributed by atoms with van der Waals surface area (Å²) in [5.41, 5.74) is 8.30. The van der Waals surface area contributed by atoms with Crippen LogP contribution in [0.4, 0.5) is 0 Å². The van der Waals surface area contributed by atoms with Gasteiger partial charge in [0.15, 0.2) is 0 Å². The predicted octanol–water partition coefficient (Wildman–Crippen LogP) is 0.592. The van der Waals surface area contributed by atoms with Crippen LogP contribution in [-0.4, -0.2) is 14.3 Å². The summed E-state index contributed by atoms with van der Waals surface area (Å²) < 4.78 is 3.60. The fourth-order valence-corrected chi connectivity index (χ4v) is 2.02. The SMILES string of the molecule is Cc1ccc(CN)c(=O)n1CCc1ccnn1C. The molecule has 0 unspecified atom stereocenters. The molecule has 0 aromatic carbocycles. The van der Waals surface area contributed by atoms with Gasteiger partial charge in [0, 0.05) is 49.7 Å². The van der Waals surface area contributed by atoms with E-state index in [0.717, 1.165) is 17.8 Å². The topological polar surface area (TPSA) is 65.8 Å². The van der Waals surface area contributed by atoms with Crippen LogP contribution in [0.3, 0.4) is 0 Å². The molecule has 0 radical (unpaired) electrons. The average Bonchev–Trinajstić information content (AvgIpc) is 2.75. The Labute approximate surface area is 106 Å². The van der Waals surface area contributed by atoms with Gasteiger partial charge in [0.25, 0.3) is 5.56 Å². The highest BCUT2D eigenvalue weighted by atomic mass is 16.1. The van der Waals surface area contributed by atoms with Crippen molar-refractivity contribution in [3.63, 3.8) is 0 Å². The van der Waals surface area contributed by atoms with Gasteiger partial charge in [-0.25, -0.2) is 0 Å². The number of aromatic nitrogens is 3. The Morgan fingerprint density at radius 2 is 2.11 bits per heavy atom. The normalized spacial score (nSPS) is 10.8. The molecule has 0 amide bonds. The van der Waals surface area contributed by atoms with Crippen molar-refractivity contribution in [3.05, 3.63) is 51.7 Å². The Bertz CT molecular complexity index is 597. The molecule has 0 aliphatic carbocycles. The second-order valence-corrected chi connectivity index (χ2v) is 4.36. The lowest BCUT2D eigenvalue weighted by molar-refractivity contribution is 0.606. The molecule has 0 saturated carbocycles. The van der Waals surface area contributed by atoms with Crippen molar-refractivity contribution >= 4 is 0 Å². The maximum absolute atomic E-state index is 12.1. The number of nitrogens with two attached hydrogens (primary N) is 1. The van der Waals surface area contributed by atoms with E-state index in [1.807, 2.05) is 30.8 Å². The smallest absolute Gasteiger partial charge is 0.255 e. The molecule has 0 fully saturated rings. The fourth-order valence-electron chi connectivity index (χ4n) is 2.02. The lowest BCUT2D eigenvalue weighted by Crippen LogP contribution is -2.27. The number of hydrogen-bond acceptors (Lipinski definition) is 3. The Hall–Kier alpha value is -1.88. The predicted molar refractivity (Wildman–Crippen MR) is 70.2 cm³/mol. The molecule has 0 aliphatic heterocycles. The van der Waals surface area contributed by atoms with Crippen LogP contribution in [0.25, 0.3) is 0 Å². The van der Waals surface area contributed by atoms with Crippen LogP contribution in [0.2, 0.25) is 0 Å². The van der Waals surface area contributed by atoms with Gasteiger partial charge in [-0.3, -0.25) is 9.48 Å². The molecule has 0 bridgehead atoms. The van der Waals surface area contributed by atoms with Crippen LogP contribution in [0.15, 0.2) is 29.2 Å². The molecular formula is C13H18N4O. The van der Waals surface area contributed by atoms with Crippen molar-refractivity contribution in [1.29, 1.82) is 0 Å². The fraction of sp³-hybridized carbons (Fsp3) is 0.385. The van der Waals surface area contributed by atoms with E-state index in [9.17, 15) is 4.79 Å². The highest BCUT2D eigenvalue weighted by molar-refractivity contribution is 5.15. The van der Waals surface area contributed by atoms with Crippen molar-refractivity contribution in [2.45, 2.75) is 26.4 Å². The highest BCUT2D eigenvalue weighted by Gasteiger charge is 2.06. The monoisotopic (exact) mass is 246 g/mol. The van der Waals surface area contributed by atoms with Gasteiger partial charge < -0.3 is 10.3 Å². The third-order valence-corrected chi connectivity index (χ3v) is 3.21. The summed E-state index contributed by atoms with van der Waals surface area (Å²) >= 11 is 0. The van der Waals surface area contributed by atoms with Gasteiger partial charge in [0.05, 0.1) is 0 Å². The molecule has 2 heterocycles. The largest absolute Gasteiger partial charge is 0.326 e. The molecular weight excluding hydrogens is 228 g/mol. The second-order valence-electron chi connectivity index (χ2n) is 4.36. The van der Waals surface area contributed by atoms with Crippen LogP contribution in [0.5, 0.6) is 0 Å². The number of rotatable bonds is 4. The lowest BCUT2D eigenvalue weighted by atomic mass is 10.2. The lowest BCUT2D eigenvalue weighted by Gasteiger charge is -2.11. The Morgan fingerprint density at radius 1 is 1.33 bits per heavy atom. The van der Waals surface area contributed by atoms with E-state index in [1.165, 1.54) is 0 Å². The van der Waals surface area contributed by atoms with Crippen LogP contribution >= 0.6 is 0 Å². The van der Waals surface area contributed by atoms with Gasteiger partial charge in [0.2, 0.25) is 0 Å². The summed E-state index contributed by atoms with van der Waals surface area (Å²) in [6.07, 6.45) is 2.55. The molecule has 5 heteroatoms. The minimum atomic E-state index is 0.0136. The van der Waals surface area contributed by atoms with Crippen LogP contribution in [0, 0.1) is 6.92 Å². The zero-order valence-corrected chi connectivity index (χ0v) is 10.8. The number of pyridine rings is 1. The second kappa shape index (κ2) is 5.18. The summed E-state index contributed by atoms with van der Waals surface area (Å²) in [4.78, 5) is 12.1. The third-order valence-electron chi connectivity index (χ3n) is 3.21. The van der Waals surface area contributed by atoms with Gasteiger partial charge in [-0.15, -0.1) is 0 Å². The molecule has 0 atom stereocenters. The minimum Gasteiger partial charge on any atom is -0.326 e. The molecule has 2 N–H and O–H groups in total. The molecule has 18 heavy (non-hydrogen) atoms. The first-order valence-electron chi connectivity index (χ1n) is 5.99. The maximum atomic E-state index is 12.1. The Morgan fingerprint density at radius 3 is 2.72 bits per heavy atom. The Balaban J connectivity index is 2.24. The van der Waals surface area contributed by atoms with Crippen LogP contribution in [0.1, 0.15) is 17.0 Å². The number of hydrogen-bond donors (Lipinski definition) is 1. The average molecular weight is 246 g/mol. The van der Waals surface area contributed by atoms with Crippen molar-refractivity contribution in [1.82, 2.24) is 14.3 Å². The van der Waals surface area contributed by atoms with Crippen molar-refractivity contribution in [2.75, 3.05) is 0 Å². The molecule has 5 nitrogen and oxygen atoms in total. The van der Waals surface area contributed by atoms with Crippen LogP contribution in [-0.2, 0) is 26.6 Å².